The molecule has 4 nitrogen and oxygen atoms in total. The molecule has 0 saturated heterocycles. The molecule has 0 spiro atoms. The maximum atomic E-state index is 13.3. The number of carbonyl (C=O) groups is 1. The van der Waals surface area contributed by atoms with Crippen LogP contribution in [-0.4, -0.2) is 17.1 Å². The third-order valence-corrected chi connectivity index (χ3v) is 4.79. The first-order chi connectivity index (χ1) is 13.5. The highest BCUT2D eigenvalue weighted by Crippen LogP contribution is 2.33. The van der Waals surface area contributed by atoms with E-state index in [0.29, 0.717) is 17.8 Å². The number of esters is 1. The van der Waals surface area contributed by atoms with Gasteiger partial charge in [-0.25, -0.2) is 9.18 Å². The Bertz CT molecular complexity index is 1040. The predicted octanol–water partition coefficient (Wildman–Crippen LogP) is 5.01. The Hall–Kier alpha value is -3.39. The van der Waals surface area contributed by atoms with Gasteiger partial charge in [-0.2, -0.15) is 5.26 Å². The quantitative estimate of drug-likeness (QED) is 0.588. The summed E-state index contributed by atoms with van der Waals surface area (Å²) in [4.78, 5) is 12.7. The van der Waals surface area contributed by atoms with E-state index in [1.807, 2.05) is 30.5 Å². The lowest BCUT2D eigenvalue weighted by Gasteiger charge is -2.12. The molecule has 0 bridgehead atoms. The first-order valence-electron chi connectivity index (χ1n) is 9.08. The first kappa shape index (κ1) is 19.4. The standard InChI is InChI=1S/C23H21FN2O2/c1-4-28-23(27)22-15(2)21(19-9-5-17(13-25)6-10-19)16(3)26(22)14-18-7-11-20(24)12-8-18/h5-12H,4,14H2,1-3H3. The molecule has 142 valence electrons. The molecule has 0 aliphatic heterocycles. The largest absolute Gasteiger partial charge is 0.461 e. The summed E-state index contributed by atoms with van der Waals surface area (Å²) in [5, 5.41) is 9.03. The minimum atomic E-state index is -0.384. The van der Waals surface area contributed by atoms with Gasteiger partial charge >= 0.3 is 5.97 Å². The van der Waals surface area contributed by atoms with Gasteiger partial charge in [0.25, 0.3) is 0 Å². The number of nitrogens with zero attached hydrogens (tertiary/aromatic N) is 2. The molecule has 2 aromatic carbocycles. The lowest BCUT2D eigenvalue weighted by Crippen LogP contribution is -2.15. The number of halogens is 1. The molecule has 0 aliphatic rings. The molecule has 0 radical (unpaired) electrons. The molecule has 0 N–H and O–H groups in total. The molecule has 0 unspecified atom stereocenters. The van der Waals surface area contributed by atoms with Crippen LogP contribution in [0.15, 0.2) is 48.5 Å². The molecule has 0 amide bonds. The van der Waals surface area contributed by atoms with Gasteiger partial charge in [0.05, 0.1) is 18.2 Å². The lowest BCUT2D eigenvalue weighted by molar-refractivity contribution is 0.0513. The molecule has 0 fully saturated rings. The summed E-state index contributed by atoms with van der Waals surface area (Å²) in [6.45, 7) is 6.33. The predicted molar refractivity (Wildman–Crippen MR) is 106 cm³/mol. The van der Waals surface area contributed by atoms with Gasteiger partial charge < -0.3 is 9.30 Å². The van der Waals surface area contributed by atoms with Gasteiger partial charge in [-0.05, 0) is 61.7 Å². The normalized spacial score (nSPS) is 10.5. The van der Waals surface area contributed by atoms with Crippen molar-refractivity contribution < 1.29 is 13.9 Å². The van der Waals surface area contributed by atoms with Crippen molar-refractivity contribution in [3.05, 3.63) is 82.4 Å². The number of nitriles is 1. The van der Waals surface area contributed by atoms with Crippen LogP contribution in [0.1, 0.15) is 39.8 Å². The average Bonchev–Trinajstić information content (AvgIpc) is 2.93. The highest BCUT2D eigenvalue weighted by atomic mass is 19.1. The van der Waals surface area contributed by atoms with Gasteiger partial charge in [-0.1, -0.05) is 24.3 Å². The van der Waals surface area contributed by atoms with Crippen molar-refractivity contribution >= 4 is 5.97 Å². The van der Waals surface area contributed by atoms with Crippen molar-refractivity contribution in [1.82, 2.24) is 4.57 Å². The zero-order valence-electron chi connectivity index (χ0n) is 16.1. The second-order valence-electron chi connectivity index (χ2n) is 6.56. The Labute approximate surface area is 163 Å². The molecule has 0 aliphatic carbocycles. The van der Waals surface area contributed by atoms with Crippen molar-refractivity contribution in [2.75, 3.05) is 6.61 Å². The zero-order valence-corrected chi connectivity index (χ0v) is 16.1. The number of hydrogen-bond donors (Lipinski definition) is 0. The lowest BCUT2D eigenvalue weighted by atomic mass is 10.0. The van der Waals surface area contributed by atoms with Crippen LogP contribution in [0.5, 0.6) is 0 Å². The monoisotopic (exact) mass is 376 g/mol. The Morgan fingerprint density at radius 3 is 2.32 bits per heavy atom. The average molecular weight is 376 g/mol. The summed E-state index contributed by atoms with van der Waals surface area (Å²) in [7, 11) is 0. The van der Waals surface area contributed by atoms with Crippen LogP contribution in [-0.2, 0) is 11.3 Å². The molecule has 5 heteroatoms. The molecule has 28 heavy (non-hydrogen) atoms. The molecule has 0 saturated carbocycles. The number of rotatable bonds is 5. The maximum absolute atomic E-state index is 13.3. The summed E-state index contributed by atoms with van der Waals surface area (Å²) in [5.74, 6) is -0.682. The fraction of sp³-hybridized carbons (Fsp3) is 0.217. The number of ether oxygens (including phenoxy) is 1. The fourth-order valence-electron chi connectivity index (χ4n) is 3.46. The van der Waals surface area contributed by atoms with E-state index in [9.17, 15) is 9.18 Å². The van der Waals surface area contributed by atoms with Crippen LogP contribution in [0.25, 0.3) is 11.1 Å². The van der Waals surface area contributed by atoms with Crippen LogP contribution in [0.3, 0.4) is 0 Å². The summed E-state index contributed by atoms with van der Waals surface area (Å²) in [6, 6.07) is 15.6. The van der Waals surface area contributed by atoms with Gasteiger partial charge in [0.1, 0.15) is 11.5 Å². The van der Waals surface area contributed by atoms with Crippen molar-refractivity contribution in [2.45, 2.75) is 27.3 Å². The van der Waals surface area contributed by atoms with Crippen LogP contribution in [0, 0.1) is 31.0 Å². The number of carbonyl (C=O) groups excluding carboxylic acids is 1. The second kappa shape index (κ2) is 8.10. The Morgan fingerprint density at radius 2 is 1.75 bits per heavy atom. The second-order valence-corrected chi connectivity index (χ2v) is 6.56. The first-order valence-corrected chi connectivity index (χ1v) is 9.08. The summed E-state index contributed by atoms with van der Waals surface area (Å²) >= 11 is 0. The highest BCUT2D eigenvalue weighted by molar-refractivity contribution is 5.93. The van der Waals surface area contributed by atoms with Crippen molar-refractivity contribution in [3.8, 4) is 17.2 Å². The van der Waals surface area contributed by atoms with Gasteiger partial charge in [0.15, 0.2) is 0 Å². The van der Waals surface area contributed by atoms with Crippen molar-refractivity contribution in [3.63, 3.8) is 0 Å². The SMILES string of the molecule is CCOC(=O)c1c(C)c(-c2ccc(C#N)cc2)c(C)n1Cc1ccc(F)cc1. The number of benzene rings is 2. The Morgan fingerprint density at radius 1 is 1.11 bits per heavy atom. The molecule has 3 aromatic rings. The smallest absolute Gasteiger partial charge is 0.355 e. The minimum Gasteiger partial charge on any atom is -0.461 e. The van der Waals surface area contributed by atoms with E-state index >= 15 is 0 Å². The van der Waals surface area contributed by atoms with Gasteiger partial charge in [-0.3, -0.25) is 0 Å². The zero-order chi connectivity index (χ0) is 20.3. The third-order valence-electron chi connectivity index (χ3n) is 4.79. The van der Waals surface area contributed by atoms with Gasteiger partial charge in [-0.15, -0.1) is 0 Å². The molecular weight excluding hydrogens is 355 g/mol. The molecular formula is C23H21FN2O2. The van der Waals surface area contributed by atoms with E-state index in [-0.39, 0.29) is 18.4 Å². The third kappa shape index (κ3) is 3.67. The summed E-state index contributed by atoms with van der Waals surface area (Å²) < 4.78 is 20.5. The van der Waals surface area contributed by atoms with Crippen LogP contribution < -0.4 is 0 Å². The minimum absolute atomic E-state index is 0.283. The highest BCUT2D eigenvalue weighted by Gasteiger charge is 2.24. The van der Waals surface area contributed by atoms with Gasteiger partial charge in [0, 0.05) is 17.8 Å². The molecule has 0 atom stereocenters. The van der Waals surface area contributed by atoms with E-state index in [4.69, 9.17) is 10.00 Å². The number of hydrogen-bond acceptors (Lipinski definition) is 3. The van der Waals surface area contributed by atoms with Crippen LogP contribution in [0.2, 0.25) is 0 Å². The van der Waals surface area contributed by atoms with E-state index in [1.54, 1.807) is 31.2 Å². The Kier molecular flexibility index (Phi) is 5.60. The van der Waals surface area contributed by atoms with Crippen LogP contribution >= 0.6 is 0 Å². The fourth-order valence-corrected chi connectivity index (χ4v) is 3.46. The van der Waals surface area contributed by atoms with Crippen molar-refractivity contribution in [2.24, 2.45) is 0 Å². The topological polar surface area (TPSA) is 55.0 Å². The van der Waals surface area contributed by atoms with E-state index in [0.717, 1.165) is 27.9 Å². The van der Waals surface area contributed by atoms with E-state index in [2.05, 4.69) is 6.07 Å². The Balaban J connectivity index is 2.14. The van der Waals surface area contributed by atoms with E-state index < -0.39 is 0 Å². The molecule has 1 aromatic heterocycles. The van der Waals surface area contributed by atoms with E-state index in [1.165, 1.54) is 12.1 Å². The van der Waals surface area contributed by atoms with Gasteiger partial charge in [0.2, 0.25) is 0 Å². The molecule has 3 rings (SSSR count). The summed E-state index contributed by atoms with van der Waals surface area (Å²) in [5.41, 5.74) is 5.55. The molecule has 1 heterocycles. The number of aromatic nitrogens is 1. The summed E-state index contributed by atoms with van der Waals surface area (Å²) in [6.07, 6.45) is 0. The maximum Gasteiger partial charge on any atom is 0.355 e. The van der Waals surface area contributed by atoms with Crippen molar-refractivity contribution in [1.29, 1.82) is 5.26 Å². The van der Waals surface area contributed by atoms with Crippen LogP contribution in [0.4, 0.5) is 4.39 Å².